The zero-order valence-electron chi connectivity index (χ0n) is 18.1. The quantitative estimate of drug-likeness (QED) is 0.552. The number of hydrogen-bond acceptors (Lipinski definition) is 6. The first-order valence-electron chi connectivity index (χ1n) is 10.4. The highest BCUT2D eigenvalue weighted by atomic mass is 16.6. The molecule has 8 nitrogen and oxygen atoms in total. The summed E-state index contributed by atoms with van der Waals surface area (Å²) in [5.74, 6) is -0.625. The van der Waals surface area contributed by atoms with E-state index in [1.807, 2.05) is 20.8 Å². The molecule has 32 heavy (non-hydrogen) atoms. The number of non-ortho nitro benzene ring substituents is 1. The van der Waals surface area contributed by atoms with Crippen LogP contribution in [-0.4, -0.2) is 21.6 Å². The van der Waals surface area contributed by atoms with Crippen LogP contribution < -0.4 is 10.6 Å². The zero-order chi connectivity index (χ0) is 23.0. The SMILES string of the molecule is CC1=C(C(=O)Nc2ccccn2)C(c2ccc([N+](=O)[O-])cc2)C2=C(CC(C)(C)CC2=O)N1. The van der Waals surface area contributed by atoms with Crippen molar-refractivity contribution >= 4 is 23.2 Å². The monoisotopic (exact) mass is 432 g/mol. The van der Waals surface area contributed by atoms with E-state index in [0.29, 0.717) is 41.1 Å². The molecule has 8 heteroatoms. The normalized spacial score (nSPS) is 19.8. The number of carbonyl (C=O) groups is 2. The van der Waals surface area contributed by atoms with Crippen LogP contribution in [0, 0.1) is 15.5 Å². The summed E-state index contributed by atoms with van der Waals surface area (Å²) in [5.41, 5.74) is 2.81. The van der Waals surface area contributed by atoms with Gasteiger partial charge in [0.1, 0.15) is 5.82 Å². The number of nitro groups is 1. The lowest BCUT2D eigenvalue weighted by molar-refractivity contribution is -0.384. The molecule has 1 aliphatic carbocycles. The average Bonchev–Trinajstić information content (AvgIpc) is 2.72. The molecule has 2 aliphatic rings. The topological polar surface area (TPSA) is 114 Å². The second-order valence-electron chi connectivity index (χ2n) is 8.95. The van der Waals surface area contributed by atoms with Gasteiger partial charge in [-0.1, -0.05) is 32.0 Å². The molecule has 0 spiro atoms. The highest BCUT2D eigenvalue weighted by Crippen LogP contribution is 2.46. The van der Waals surface area contributed by atoms with E-state index >= 15 is 0 Å². The molecule has 0 fully saturated rings. The fourth-order valence-corrected chi connectivity index (χ4v) is 4.48. The maximum Gasteiger partial charge on any atom is 0.269 e. The predicted molar refractivity (Wildman–Crippen MR) is 120 cm³/mol. The van der Waals surface area contributed by atoms with Gasteiger partial charge in [-0.2, -0.15) is 0 Å². The predicted octanol–water partition coefficient (Wildman–Crippen LogP) is 4.23. The number of rotatable bonds is 4. The lowest BCUT2D eigenvalue weighted by Gasteiger charge is -2.39. The summed E-state index contributed by atoms with van der Waals surface area (Å²) in [5, 5.41) is 17.2. The Hall–Kier alpha value is -3.81. The number of ketones is 1. The average molecular weight is 432 g/mol. The Morgan fingerprint density at radius 2 is 1.91 bits per heavy atom. The number of aromatic nitrogens is 1. The maximum absolute atomic E-state index is 13.4. The molecule has 1 aliphatic heterocycles. The molecule has 0 saturated carbocycles. The summed E-state index contributed by atoms with van der Waals surface area (Å²) in [7, 11) is 0. The third-order valence-corrected chi connectivity index (χ3v) is 5.83. The molecule has 2 aromatic rings. The minimum atomic E-state index is -0.626. The van der Waals surface area contributed by atoms with Crippen molar-refractivity contribution in [1.29, 1.82) is 0 Å². The lowest BCUT2D eigenvalue weighted by atomic mass is 9.68. The van der Waals surface area contributed by atoms with Gasteiger partial charge < -0.3 is 10.6 Å². The van der Waals surface area contributed by atoms with E-state index in [1.165, 1.54) is 12.1 Å². The number of anilines is 1. The molecule has 164 valence electrons. The van der Waals surface area contributed by atoms with Gasteiger partial charge in [-0.3, -0.25) is 19.7 Å². The molecule has 1 aromatic heterocycles. The van der Waals surface area contributed by atoms with Gasteiger partial charge in [0.2, 0.25) is 0 Å². The van der Waals surface area contributed by atoms with Gasteiger partial charge in [0.15, 0.2) is 5.78 Å². The first-order chi connectivity index (χ1) is 15.2. The molecule has 4 rings (SSSR count). The third-order valence-electron chi connectivity index (χ3n) is 5.83. The number of nitrogens with zero attached hydrogens (tertiary/aromatic N) is 2. The van der Waals surface area contributed by atoms with Crippen LogP contribution in [0.15, 0.2) is 71.2 Å². The second-order valence-corrected chi connectivity index (χ2v) is 8.95. The molecule has 0 saturated heterocycles. The van der Waals surface area contributed by atoms with Crippen molar-refractivity contribution < 1.29 is 14.5 Å². The van der Waals surface area contributed by atoms with Crippen molar-refractivity contribution in [3.8, 4) is 0 Å². The van der Waals surface area contributed by atoms with Crippen LogP contribution in [0.4, 0.5) is 11.5 Å². The fraction of sp³-hybridized carbons (Fsp3) is 0.292. The van der Waals surface area contributed by atoms with E-state index in [0.717, 1.165) is 5.70 Å². The van der Waals surface area contributed by atoms with Crippen molar-refractivity contribution in [3.63, 3.8) is 0 Å². The summed E-state index contributed by atoms with van der Waals surface area (Å²) >= 11 is 0. The van der Waals surface area contributed by atoms with Crippen LogP contribution in [0.25, 0.3) is 0 Å². The summed E-state index contributed by atoms with van der Waals surface area (Å²) in [6, 6.07) is 11.2. The van der Waals surface area contributed by atoms with Crippen molar-refractivity contribution in [2.75, 3.05) is 5.32 Å². The number of pyridine rings is 1. The number of hydrogen-bond donors (Lipinski definition) is 2. The molecule has 1 unspecified atom stereocenters. The van der Waals surface area contributed by atoms with E-state index in [9.17, 15) is 19.7 Å². The first kappa shape index (κ1) is 21.4. The van der Waals surface area contributed by atoms with Gasteiger partial charge in [-0.15, -0.1) is 0 Å². The summed E-state index contributed by atoms with van der Waals surface area (Å²) in [6.07, 6.45) is 2.62. The Morgan fingerprint density at radius 3 is 2.53 bits per heavy atom. The number of nitrogens with one attached hydrogen (secondary N) is 2. The number of carbonyl (C=O) groups excluding carboxylic acids is 2. The van der Waals surface area contributed by atoms with Crippen LogP contribution in [0.5, 0.6) is 0 Å². The molecule has 1 aromatic carbocycles. The zero-order valence-corrected chi connectivity index (χ0v) is 18.1. The van der Waals surface area contributed by atoms with Crippen LogP contribution >= 0.6 is 0 Å². The van der Waals surface area contributed by atoms with Gasteiger partial charge in [0.05, 0.1) is 4.92 Å². The number of benzene rings is 1. The molecule has 1 amide bonds. The summed E-state index contributed by atoms with van der Waals surface area (Å²) < 4.78 is 0. The van der Waals surface area contributed by atoms with Gasteiger partial charge in [0.25, 0.3) is 11.6 Å². The van der Waals surface area contributed by atoms with E-state index < -0.39 is 10.8 Å². The number of Topliss-reactive ketones (excluding diaryl/α,β-unsaturated/α-hetero) is 1. The molecular formula is C24H24N4O4. The van der Waals surface area contributed by atoms with E-state index in [1.54, 1.807) is 36.5 Å². The molecule has 0 bridgehead atoms. The number of allylic oxidation sites excluding steroid dienone is 3. The van der Waals surface area contributed by atoms with Crippen molar-refractivity contribution in [2.45, 2.75) is 39.5 Å². The highest BCUT2D eigenvalue weighted by molar-refractivity contribution is 6.09. The third kappa shape index (κ3) is 4.03. The number of nitro benzene ring substituents is 1. The van der Waals surface area contributed by atoms with Gasteiger partial charge in [-0.05, 0) is 36.5 Å². The Labute approximate surface area is 185 Å². The van der Waals surface area contributed by atoms with Crippen LogP contribution in [0.1, 0.15) is 45.1 Å². The van der Waals surface area contributed by atoms with Crippen LogP contribution in [0.3, 0.4) is 0 Å². The maximum atomic E-state index is 13.4. The minimum Gasteiger partial charge on any atom is -0.362 e. The van der Waals surface area contributed by atoms with Gasteiger partial charge >= 0.3 is 0 Å². The fourth-order valence-electron chi connectivity index (χ4n) is 4.48. The largest absolute Gasteiger partial charge is 0.362 e. The summed E-state index contributed by atoms with van der Waals surface area (Å²) in [4.78, 5) is 41.4. The molecule has 0 radical (unpaired) electrons. The number of dihydropyridines is 1. The standard InChI is InChI=1S/C24H24N4O4/c1-14-20(23(30)27-19-6-4-5-11-25-19)21(15-7-9-16(10-8-15)28(31)32)22-17(26-14)12-24(2,3)13-18(22)29/h4-11,21,26H,12-13H2,1-3H3,(H,25,27,30). The Kier molecular flexibility index (Phi) is 5.38. The van der Waals surface area contributed by atoms with E-state index in [2.05, 4.69) is 15.6 Å². The Balaban J connectivity index is 1.81. The van der Waals surface area contributed by atoms with Crippen LogP contribution in [-0.2, 0) is 9.59 Å². The minimum absolute atomic E-state index is 0.0252. The number of amides is 1. The van der Waals surface area contributed by atoms with E-state index in [-0.39, 0.29) is 22.8 Å². The van der Waals surface area contributed by atoms with Gasteiger partial charge in [-0.25, -0.2) is 4.98 Å². The van der Waals surface area contributed by atoms with Gasteiger partial charge in [0, 0.05) is 53.2 Å². The molecule has 2 heterocycles. The highest BCUT2D eigenvalue weighted by Gasteiger charge is 2.42. The lowest BCUT2D eigenvalue weighted by Crippen LogP contribution is -2.39. The first-order valence-corrected chi connectivity index (χ1v) is 10.4. The Morgan fingerprint density at radius 1 is 1.19 bits per heavy atom. The molecule has 1 atom stereocenters. The van der Waals surface area contributed by atoms with Crippen LogP contribution in [0.2, 0.25) is 0 Å². The van der Waals surface area contributed by atoms with Crippen molar-refractivity contribution in [1.82, 2.24) is 10.3 Å². The second kappa shape index (κ2) is 8.03. The Bertz CT molecular complexity index is 1160. The summed E-state index contributed by atoms with van der Waals surface area (Å²) in [6.45, 7) is 5.89. The molecular weight excluding hydrogens is 408 g/mol. The van der Waals surface area contributed by atoms with Crippen molar-refractivity contribution in [3.05, 3.63) is 86.9 Å². The van der Waals surface area contributed by atoms with Crippen molar-refractivity contribution in [2.24, 2.45) is 5.41 Å². The molecule has 2 N–H and O–H groups in total. The van der Waals surface area contributed by atoms with E-state index in [4.69, 9.17) is 0 Å². The smallest absolute Gasteiger partial charge is 0.269 e.